The molecule has 2 aromatic carbocycles. The molecular formula is C20H25NO4. The van der Waals surface area contributed by atoms with Crippen LogP contribution in [-0.2, 0) is 0 Å². The molecule has 5 heteroatoms. The van der Waals surface area contributed by atoms with Gasteiger partial charge in [0.2, 0.25) is 0 Å². The van der Waals surface area contributed by atoms with Crippen LogP contribution in [0.15, 0.2) is 42.5 Å². The number of methoxy groups -OCH3 is 1. The van der Waals surface area contributed by atoms with E-state index in [1.54, 1.807) is 31.4 Å². The Kier molecular flexibility index (Phi) is 7.14. The standard InChI is InChI=1S/C20H25NO4/c1-4-6-12-25-18-11-10-15(13-19(18)24-5-2)20(22)21-16-8-7-9-17(14-16)23-3/h7-11,13-14H,4-6,12H2,1-3H3,(H,21,22). The van der Waals surface area contributed by atoms with Crippen molar-refractivity contribution in [1.29, 1.82) is 0 Å². The van der Waals surface area contributed by atoms with Gasteiger partial charge in [-0.15, -0.1) is 0 Å². The summed E-state index contributed by atoms with van der Waals surface area (Å²) in [5.74, 6) is 1.71. The SMILES string of the molecule is CCCCOc1ccc(C(=O)Nc2cccc(OC)c2)cc1OCC. The van der Waals surface area contributed by atoms with E-state index in [4.69, 9.17) is 14.2 Å². The number of amides is 1. The number of benzene rings is 2. The minimum atomic E-state index is -0.214. The van der Waals surface area contributed by atoms with Crippen molar-refractivity contribution in [3.05, 3.63) is 48.0 Å². The third-order valence-electron chi connectivity index (χ3n) is 3.59. The predicted octanol–water partition coefficient (Wildman–Crippen LogP) is 4.53. The number of rotatable bonds is 9. The fourth-order valence-electron chi connectivity index (χ4n) is 2.27. The second-order valence-electron chi connectivity index (χ2n) is 5.48. The number of hydrogen-bond acceptors (Lipinski definition) is 4. The van der Waals surface area contributed by atoms with Gasteiger partial charge in [-0.3, -0.25) is 4.79 Å². The molecule has 0 bridgehead atoms. The number of carbonyl (C=O) groups excluding carboxylic acids is 1. The molecule has 1 N–H and O–H groups in total. The maximum absolute atomic E-state index is 12.5. The number of hydrogen-bond donors (Lipinski definition) is 1. The Balaban J connectivity index is 2.14. The molecule has 0 spiro atoms. The van der Waals surface area contributed by atoms with E-state index >= 15 is 0 Å². The highest BCUT2D eigenvalue weighted by Crippen LogP contribution is 2.29. The minimum absolute atomic E-state index is 0.214. The maximum atomic E-state index is 12.5. The van der Waals surface area contributed by atoms with Crippen LogP contribution in [-0.4, -0.2) is 26.2 Å². The van der Waals surface area contributed by atoms with Crippen molar-refractivity contribution in [1.82, 2.24) is 0 Å². The van der Waals surface area contributed by atoms with Crippen molar-refractivity contribution in [3.8, 4) is 17.2 Å². The number of ether oxygens (including phenoxy) is 3. The van der Waals surface area contributed by atoms with E-state index in [1.807, 2.05) is 25.1 Å². The van der Waals surface area contributed by atoms with E-state index in [0.717, 1.165) is 12.8 Å². The van der Waals surface area contributed by atoms with Crippen LogP contribution < -0.4 is 19.5 Å². The van der Waals surface area contributed by atoms with Crippen molar-refractivity contribution in [3.63, 3.8) is 0 Å². The zero-order valence-electron chi connectivity index (χ0n) is 15.0. The lowest BCUT2D eigenvalue weighted by Gasteiger charge is -2.13. The zero-order valence-corrected chi connectivity index (χ0v) is 15.0. The molecule has 0 radical (unpaired) electrons. The molecule has 1 amide bonds. The first-order valence-electron chi connectivity index (χ1n) is 8.53. The van der Waals surface area contributed by atoms with E-state index in [9.17, 15) is 4.79 Å². The summed E-state index contributed by atoms with van der Waals surface area (Å²) >= 11 is 0. The van der Waals surface area contributed by atoms with E-state index in [-0.39, 0.29) is 5.91 Å². The average molecular weight is 343 g/mol. The zero-order chi connectivity index (χ0) is 18.1. The van der Waals surface area contributed by atoms with Gasteiger partial charge in [-0.1, -0.05) is 19.4 Å². The van der Waals surface area contributed by atoms with Crippen LogP contribution in [0.5, 0.6) is 17.2 Å². The molecule has 0 aromatic heterocycles. The first-order valence-corrected chi connectivity index (χ1v) is 8.53. The van der Waals surface area contributed by atoms with Gasteiger partial charge in [-0.2, -0.15) is 0 Å². The Morgan fingerprint density at radius 1 is 1.04 bits per heavy atom. The highest BCUT2D eigenvalue weighted by atomic mass is 16.5. The predicted molar refractivity (Wildman–Crippen MR) is 99.0 cm³/mol. The van der Waals surface area contributed by atoms with Crippen LogP contribution >= 0.6 is 0 Å². The minimum Gasteiger partial charge on any atom is -0.497 e. The van der Waals surface area contributed by atoms with E-state index in [2.05, 4.69) is 12.2 Å². The highest BCUT2D eigenvalue weighted by Gasteiger charge is 2.12. The largest absolute Gasteiger partial charge is 0.497 e. The molecule has 0 atom stereocenters. The van der Waals surface area contributed by atoms with Gasteiger partial charge in [-0.05, 0) is 43.7 Å². The summed E-state index contributed by atoms with van der Waals surface area (Å²) < 4.78 is 16.5. The summed E-state index contributed by atoms with van der Waals surface area (Å²) in [7, 11) is 1.59. The molecule has 0 unspecified atom stereocenters. The molecule has 0 aliphatic heterocycles. The number of carbonyl (C=O) groups is 1. The van der Waals surface area contributed by atoms with E-state index in [0.29, 0.717) is 41.7 Å². The van der Waals surface area contributed by atoms with Gasteiger partial charge >= 0.3 is 0 Å². The second kappa shape index (κ2) is 9.57. The number of nitrogens with one attached hydrogen (secondary N) is 1. The molecule has 0 fully saturated rings. The molecule has 2 aromatic rings. The Morgan fingerprint density at radius 2 is 1.88 bits per heavy atom. The summed E-state index contributed by atoms with van der Waals surface area (Å²) in [6, 6.07) is 12.5. The first-order chi connectivity index (χ1) is 12.2. The smallest absolute Gasteiger partial charge is 0.255 e. The first kappa shape index (κ1) is 18.6. The normalized spacial score (nSPS) is 10.2. The van der Waals surface area contributed by atoms with Gasteiger partial charge in [0.15, 0.2) is 11.5 Å². The van der Waals surface area contributed by atoms with Gasteiger partial charge in [0, 0.05) is 17.3 Å². The van der Waals surface area contributed by atoms with Crippen LogP contribution in [0.1, 0.15) is 37.0 Å². The molecule has 25 heavy (non-hydrogen) atoms. The molecule has 0 heterocycles. The monoisotopic (exact) mass is 343 g/mol. The van der Waals surface area contributed by atoms with Crippen LogP contribution in [0, 0.1) is 0 Å². The average Bonchev–Trinajstić information content (AvgIpc) is 2.63. The molecule has 5 nitrogen and oxygen atoms in total. The summed E-state index contributed by atoms with van der Waals surface area (Å²) in [5, 5.41) is 2.86. The second-order valence-corrected chi connectivity index (χ2v) is 5.48. The number of anilines is 1. The van der Waals surface area contributed by atoms with E-state index in [1.165, 1.54) is 0 Å². The lowest BCUT2D eigenvalue weighted by molar-refractivity contribution is 0.102. The topological polar surface area (TPSA) is 56.8 Å². The van der Waals surface area contributed by atoms with Crippen molar-refractivity contribution in [2.75, 3.05) is 25.6 Å². The van der Waals surface area contributed by atoms with Gasteiger partial charge in [0.25, 0.3) is 5.91 Å². The maximum Gasteiger partial charge on any atom is 0.255 e. The molecule has 0 aliphatic rings. The molecular weight excluding hydrogens is 318 g/mol. The molecule has 134 valence electrons. The van der Waals surface area contributed by atoms with Crippen LogP contribution in [0.3, 0.4) is 0 Å². The van der Waals surface area contributed by atoms with Crippen molar-refractivity contribution >= 4 is 11.6 Å². The van der Waals surface area contributed by atoms with Crippen molar-refractivity contribution in [2.45, 2.75) is 26.7 Å². The summed E-state index contributed by atoms with van der Waals surface area (Å²) in [6.45, 7) is 5.15. The van der Waals surface area contributed by atoms with Gasteiger partial charge in [0.1, 0.15) is 5.75 Å². The Labute approximate surface area is 148 Å². The van der Waals surface area contributed by atoms with Gasteiger partial charge in [0.05, 0.1) is 20.3 Å². The lowest BCUT2D eigenvalue weighted by Crippen LogP contribution is -2.12. The molecule has 0 aliphatic carbocycles. The number of unbranched alkanes of at least 4 members (excludes halogenated alkanes) is 1. The van der Waals surface area contributed by atoms with Gasteiger partial charge in [-0.25, -0.2) is 0 Å². The summed E-state index contributed by atoms with van der Waals surface area (Å²) in [5.41, 5.74) is 1.18. The highest BCUT2D eigenvalue weighted by molar-refractivity contribution is 6.04. The fourth-order valence-corrected chi connectivity index (χ4v) is 2.27. The summed E-state index contributed by atoms with van der Waals surface area (Å²) in [6.07, 6.45) is 2.04. The Bertz CT molecular complexity index is 700. The lowest BCUT2D eigenvalue weighted by atomic mass is 10.1. The van der Waals surface area contributed by atoms with Crippen molar-refractivity contribution < 1.29 is 19.0 Å². The Morgan fingerprint density at radius 3 is 2.60 bits per heavy atom. The molecule has 2 rings (SSSR count). The van der Waals surface area contributed by atoms with E-state index < -0.39 is 0 Å². The van der Waals surface area contributed by atoms with Crippen LogP contribution in [0.4, 0.5) is 5.69 Å². The van der Waals surface area contributed by atoms with Crippen LogP contribution in [0.2, 0.25) is 0 Å². The third-order valence-corrected chi connectivity index (χ3v) is 3.59. The summed E-state index contributed by atoms with van der Waals surface area (Å²) in [4.78, 5) is 12.5. The Hall–Kier alpha value is -2.69. The van der Waals surface area contributed by atoms with Gasteiger partial charge < -0.3 is 19.5 Å². The quantitative estimate of drug-likeness (QED) is 0.680. The fraction of sp³-hybridized carbons (Fsp3) is 0.350. The third kappa shape index (κ3) is 5.41. The van der Waals surface area contributed by atoms with Crippen molar-refractivity contribution in [2.24, 2.45) is 0 Å². The van der Waals surface area contributed by atoms with Crippen LogP contribution in [0.25, 0.3) is 0 Å². The molecule has 0 saturated carbocycles. The molecule has 0 saturated heterocycles.